The minimum absolute atomic E-state index is 0.867. The zero-order valence-corrected chi connectivity index (χ0v) is 8.44. The monoisotopic (exact) mass is 169 g/mol. The summed E-state index contributed by atoms with van der Waals surface area (Å²) in [6.45, 7) is 3.52. The van der Waals surface area contributed by atoms with E-state index in [0.29, 0.717) is 0 Å². The first-order valence-corrected chi connectivity index (χ1v) is 5.67. The Morgan fingerprint density at radius 2 is 1.83 bits per heavy atom. The van der Waals surface area contributed by atoms with Crippen LogP contribution >= 0.6 is 0 Å². The highest BCUT2D eigenvalue weighted by Gasteiger charge is 2.12. The largest absolute Gasteiger partial charge is 0.314 e. The van der Waals surface area contributed by atoms with E-state index in [9.17, 15) is 0 Å². The number of rotatable bonds is 6. The first-order valence-electron chi connectivity index (χ1n) is 5.67. The summed E-state index contributed by atoms with van der Waals surface area (Å²) in [6, 6.07) is 0.867. The van der Waals surface area contributed by atoms with Crippen molar-refractivity contribution < 1.29 is 0 Å². The maximum Gasteiger partial charge on any atom is 0.00670 e. The van der Waals surface area contributed by atoms with E-state index in [-0.39, 0.29) is 0 Å². The lowest BCUT2D eigenvalue weighted by Crippen LogP contribution is -2.26. The molecule has 0 aromatic carbocycles. The summed E-state index contributed by atoms with van der Waals surface area (Å²) < 4.78 is 0. The van der Waals surface area contributed by atoms with Gasteiger partial charge in [-0.3, -0.25) is 0 Å². The molecule has 0 radical (unpaired) electrons. The van der Waals surface area contributed by atoms with Gasteiger partial charge in [-0.15, -0.1) is 0 Å². The second kappa shape index (κ2) is 6.47. The third kappa shape index (κ3) is 4.10. The predicted octanol–water partition coefficient (Wildman–Crippen LogP) is 3.10. The number of unbranched alkanes of at least 4 members (excludes halogenated alkanes) is 3. The lowest BCUT2D eigenvalue weighted by Gasteiger charge is -2.10. The molecule has 1 heteroatoms. The molecule has 1 N–H and O–H groups in total. The van der Waals surface area contributed by atoms with Gasteiger partial charge in [0, 0.05) is 6.04 Å². The second-order valence-electron chi connectivity index (χ2n) is 4.00. The average Bonchev–Trinajstić information content (AvgIpc) is 2.57. The van der Waals surface area contributed by atoms with E-state index < -0.39 is 0 Å². The van der Waals surface area contributed by atoms with Gasteiger partial charge in [-0.25, -0.2) is 0 Å². The van der Waals surface area contributed by atoms with Crippen molar-refractivity contribution in [3.05, 3.63) is 0 Å². The molecular weight excluding hydrogens is 146 g/mol. The van der Waals surface area contributed by atoms with Gasteiger partial charge in [0.2, 0.25) is 0 Å². The summed E-state index contributed by atoms with van der Waals surface area (Å²) >= 11 is 0. The van der Waals surface area contributed by atoms with Crippen molar-refractivity contribution >= 4 is 0 Å². The summed E-state index contributed by atoms with van der Waals surface area (Å²) in [5, 5.41) is 3.64. The van der Waals surface area contributed by atoms with E-state index in [2.05, 4.69) is 12.2 Å². The standard InChI is InChI=1S/C11H23N/c1-2-3-4-7-10-12-11-8-5-6-9-11/h11-12H,2-10H2,1H3. The quantitative estimate of drug-likeness (QED) is 0.602. The Hall–Kier alpha value is -0.0400. The van der Waals surface area contributed by atoms with E-state index in [0.717, 1.165) is 6.04 Å². The lowest BCUT2D eigenvalue weighted by molar-refractivity contribution is 0.502. The van der Waals surface area contributed by atoms with Crippen LogP contribution in [0.5, 0.6) is 0 Å². The molecule has 0 aromatic rings. The van der Waals surface area contributed by atoms with Crippen molar-refractivity contribution in [2.45, 2.75) is 64.3 Å². The van der Waals surface area contributed by atoms with Gasteiger partial charge >= 0.3 is 0 Å². The highest BCUT2D eigenvalue weighted by atomic mass is 14.9. The van der Waals surface area contributed by atoms with Crippen molar-refractivity contribution in [1.82, 2.24) is 5.32 Å². The molecule has 0 heterocycles. The minimum Gasteiger partial charge on any atom is -0.314 e. The Kier molecular flexibility index (Phi) is 5.42. The summed E-state index contributed by atoms with van der Waals surface area (Å²) in [5.74, 6) is 0. The molecule has 1 fully saturated rings. The second-order valence-corrected chi connectivity index (χ2v) is 4.00. The van der Waals surface area contributed by atoms with Crippen LogP contribution in [0.25, 0.3) is 0 Å². The predicted molar refractivity (Wildman–Crippen MR) is 54.4 cm³/mol. The van der Waals surface area contributed by atoms with Crippen LogP contribution in [-0.4, -0.2) is 12.6 Å². The third-order valence-corrected chi connectivity index (χ3v) is 2.82. The molecular formula is C11H23N. The van der Waals surface area contributed by atoms with Crippen LogP contribution in [0.1, 0.15) is 58.3 Å². The zero-order chi connectivity index (χ0) is 8.65. The fraction of sp³-hybridized carbons (Fsp3) is 1.00. The highest BCUT2D eigenvalue weighted by Crippen LogP contribution is 2.17. The van der Waals surface area contributed by atoms with Gasteiger partial charge in [0.15, 0.2) is 0 Å². The van der Waals surface area contributed by atoms with Gasteiger partial charge in [0.05, 0.1) is 0 Å². The van der Waals surface area contributed by atoms with Crippen LogP contribution in [0.4, 0.5) is 0 Å². The molecule has 0 unspecified atom stereocenters. The van der Waals surface area contributed by atoms with Crippen LogP contribution in [0.2, 0.25) is 0 Å². The van der Waals surface area contributed by atoms with Gasteiger partial charge < -0.3 is 5.32 Å². The van der Waals surface area contributed by atoms with Crippen molar-refractivity contribution in [3.8, 4) is 0 Å². The Bertz CT molecular complexity index is 95.2. The summed E-state index contributed by atoms with van der Waals surface area (Å²) in [7, 11) is 0. The normalized spacial score (nSPS) is 18.8. The molecule has 0 spiro atoms. The smallest absolute Gasteiger partial charge is 0.00670 e. The van der Waals surface area contributed by atoms with E-state index in [1.807, 2.05) is 0 Å². The first kappa shape index (κ1) is 10.0. The van der Waals surface area contributed by atoms with Crippen LogP contribution in [-0.2, 0) is 0 Å². The third-order valence-electron chi connectivity index (χ3n) is 2.82. The molecule has 0 aliphatic heterocycles. The van der Waals surface area contributed by atoms with E-state index in [4.69, 9.17) is 0 Å². The molecule has 1 saturated carbocycles. The fourth-order valence-corrected chi connectivity index (χ4v) is 1.99. The van der Waals surface area contributed by atoms with Gasteiger partial charge in [0.1, 0.15) is 0 Å². The van der Waals surface area contributed by atoms with E-state index in [1.54, 1.807) is 0 Å². The van der Waals surface area contributed by atoms with Crippen LogP contribution < -0.4 is 5.32 Å². The molecule has 0 bridgehead atoms. The topological polar surface area (TPSA) is 12.0 Å². The molecule has 1 aliphatic carbocycles. The van der Waals surface area contributed by atoms with Crippen molar-refractivity contribution in [2.75, 3.05) is 6.54 Å². The lowest BCUT2D eigenvalue weighted by atomic mass is 10.2. The Labute approximate surface area is 76.9 Å². The summed E-state index contributed by atoms with van der Waals surface area (Å²) in [4.78, 5) is 0. The molecule has 0 amide bonds. The maximum absolute atomic E-state index is 3.64. The average molecular weight is 169 g/mol. The van der Waals surface area contributed by atoms with Gasteiger partial charge in [-0.05, 0) is 25.8 Å². The molecule has 1 rings (SSSR count). The molecule has 0 saturated heterocycles. The van der Waals surface area contributed by atoms with Crippen LogP contribution in [0.15, 0.2) is 0 Å². The van der Waals surface area contributed by atoms with Crippen LogP contribution in [0.3, 0.4) is 0 Å². The number of hydrogen-bond acceptors (Lipinski definition) is 1. The van der Waals surface area contributed by atoms with Gasteiger partial charge in [0.25, 0.3) is 0 Å². The summed E-state index contributed by atoms with van der Waals surface area (Å²) in [6.07, 6.45) is 11.3. The molecule has 0 aromatic heterocycles. The number of hydrogen-bond donors (Lipinski definition) is 1. The van der Waals surface area contributed by atoms with Gasteiger partial charge in [-0.2, -0.15) is 0 Å². The maximum atomic E-state index is 3.64. The zero-order valence-electron chi connectivity index (χ0n) is 8.44. The molecule has 1 nitrogen and oxygen atoms in total. The van der Waals surface area contributed by atoms with Crippen LogP contribution in [0, 0.1) is 0 Å². The van der Waals surface area contributed by atoms with Crippen molar-refractivity contribution in [2.24, 2.45) is 0 Å². The minimum atomic E-state index is 0.867. The Balaban J connectivity index is 1.81. The van der Waals surface area contributed by atoms with E-state index >= 15 is 0 Å². The fourth-order valence-electron chi connectivity index (χ4n) is 1.99. The first-order chi connectivity index (χ1) is 5.93. The molecule has 72 valence electrons. The molecule has 12 heavy (non-hydrogen) atoms. The highest BCUT2D eigenvalue weighted by molar-refractivity contribution is 4.72. The number of nitrogens with one attached hydrogen (secondary N) is 1. The Morgan fingerprint density at radius 3 is 2.50 bits per heavy atom. The van der Waals surface area contributed by atoms with Crippen molar-refractivity contribution in [3.63, 3.8) is 0 Å². The Morgan fingerprint density at radius 1 is 1.08 bits per heavy atom. The van der Waals surface area contributed by atoms with Crippen molar-refractivity contribution in [1.29, 1.82) is 0 Å². The molecule has 1 aliphatic rings. The SMILES string of the molecule is CCCCCCNC1CCCC1. The summed E-state index contributed by atoms with van der Waals surface area (Å²) in [5.41, 5.74) is 0. The van der Waals surface area contributed by atoms with Gasteiger partial charge in [-0.1, -0.05) is 39.0 Å². The molecule has 0 atom stereocenters. The van der Waals surface area contributed by atoms with E-state index in [1.165, 1.54) is 57.9 Å².